The molecule has 1 aliphatic rings. The molecule has 1 aliphatic heterocycles. The van der Waals surface area contributed by atoms with Gasteiger partial charge in [-0.3, -0.25) is 4.79 Å². The highest BCUT2D eigenvalue weighted by Crippen LogP contribution is 2.22. The van der Waals surface area contributed by atoms with Crippen LogP contribution >= 0.6 is 0 Å². The summed E-state index contributed by atoms with van der Waals surface area (Å²) in [5.41, 5.74) is 2.91. The molecule has 1 aromatic carbocycles. The third-order valence-corrected chi connectivity index (χ3v) is 4.45. The zero-order chi connectivity index (χ0) is 18.8. The van der Waals surface area contributed by atoms with E-state index >= 15 is 0 Å². The van der Waals surface area contributed by atoms with E-state index in [1.54, 1.807) is 11.0 Å². The Bertz CT molecular complexity index is 935. The summed E-state index contributed by atoms with van der Waals surface area (Å²) in [7, 11) is 0. The van der Waals surface area contributed by atoms with Crippen LogP contribution in [0.15, 0.2) is 47.0 Å². The van der Waals surface area contributed by atoms with Gasteiger partial charge in [-0.1, -0.05) is 35.5 Å². The molecule has 1 saturated heterocycles. The first-order valence-corrected chi connectivity index (χ1v) is 8.89. The molecule has 0 radical (unpaired) electrons. The number of rotatable bonds is 4. The van der Waals surface area contributed by atoms with Crippen molar-refractivity contribution in [2.45, 2.75) is 26.4 Å². The predicted molar refractivity (Wildman–Crippen MR) is 98.4 cm³/mol. The molecule has 2 aromatic heterocycles. The van der Waals surface area contributed by atoms with E-state index in [0.717, 1.165) is 23.4 Å². The second kappa shape index (κ2) is 7.19. The fourth-order valence-electron chi connectivity index (χ4n) is 3.18. The van der Waals surface area contributed by atoms with Crippen LogP contribution in [0, 0.1) is 13.8 Å². The molecule has 1 fully saturated rings. The highest BCUT2D eigenvalue weighted by molar-refractivity contribution is 5.93. The summed E-state index contributed by atoms with van der Waals surface area (Å²) in [6, 6.07) is 13.5. The first-order valence-electron chi connectivity index (χ1n) is 8.89. The molecular formula is C20H20N4O3. The number of aromatic nitrogens is 3. The second-order valence-corrected chi connectivity index (χ2v) is 6.66. The summed E-state index contributed by atoms with van der Waals surface area (Å²) in [4.78, 5) is 23.0. The van der Waals surface area contributed by atoms with Crippen molar-refractivity contribution in [2.75, 3.05) is 13.1 Å². The molecule has 1 amide bonds. The smallest absolute Gasteiger partial charge is 0.317 e. The minimum Gasteiger partial charge on any atom is -0.458 e. The topological polar surface area (TPSA) is 81.4 Å². The Morgan fingerprint density at radius 3 is 2.63 bits per heavy atom. The SMILES string of the molecule is Cc1cc(C)nc(O[C@H]2CCN(C(=O)c3cc(-c4ccccc4)on3)C2)n1. The Kier molecular flexibility index (Phi) is 4.58. The maximum absolute atomic E-state index is 12.7. The molecule has 4 rings (SSSR count). The number of carbonyl (C=O) groups excluding carboxylic acids is 1. The maximum Gasteiger partial charge on any atom is 0.317 e. The Hall–Kier alpha value is -3.22. The average Bonchev–Trinajstić information content (AvgIpc) is 3.31. The van der Waals surface area contributed by atoms with Gasteiger partial charge in [0, 0.05) is 36.0 Å². The summed E-state index contributed by atoms with van der Waals surface area (Å²) in [6.45, 7) is 4.88. The lowest BCUT2D eigenvalue weighted by Gasteiger charge is -2.15. The van der Waals surface area contributed by atoms with Gasteiger partial charge in [0.1, 0.15) is 6.10 Å². The molecule has 0 spiro atoms. The second-order valence-electron chi connectivity index (χ2n) is 6.66. The minimum absolute atomic E-state index is 0.129. The number of benzene rings is 1. The maximum atomic E-state index is 12.7. The van der Waals surface area contributed by atoms with Gasteiger partial charge in [-0.05, 0) is 19.9 Å². The zero-order valence-corrected chi connectivity index (χ0v) is 15.3. The van der Waals surface area contributed by atoms with Crippen LogP contribution < -0.4 is 4.74 Å². The van der Waals surface area contributed by atoms with Crippen molar-refractivity contribution >= 4 is 5.91 Å². The summed E-state index contributed by atoms with van der Waals surface area (Å²) >= 11 is 0. The van der Waals surface area contributed by atoms with E-state index in [9.17, 15) is 4.79 Å². The van der Waals surface area contributed by atoms with Gasteiger partial charge in [-0.15, -0.1) is 0 Å². The van der Waals surface area contributed by atoms with E-state index in [1.807, 2.05) is 50.2 Å². The number of carbonyl (C=O) groups is 1. The summed E-state index contributed by atoms with van der Waals surface area (Å²) in [5.74, 6) is 0.419. The lowest BCUT2D eigenvalue weighted by molar-refractivity contribution is 0.0759. The Labute approximate surface area is 157 Å². The number of amides is 1. The molecule has 0 aliphatic carbocycles. The summed E-state index contributed by atoms with van der Waals surface area (Å²) < 4.78 is 11.2. The van der Waals surface area contributed by atoms with Gasteiger partial charge in [0.2, 0.25) is 0 Å². The van der Waals surface area contributed by atoms with Gasteiger partial charge in [-0.25, -0.2) is 9.97 Å². The molecule has 0 N–H and O–H groups in total. The van der Waals surface area contributed by atoms with Crippen molar-refractivity contribution in [3.63, 3.8) is 0 Å². The summed E-state index contributed by atoms with van der Waals surface area (Å²) in [5, 5.41) is 3.94. The van der Waals surface area contributed by atoms with Gasteiger partial charge < -0.3 is 14.2 Å². The van der Waals surface area contributed by atoms with Gasteiger partial charge in [0.25, 0.3) is 5.91 Å². The van der Waals surface area contributed by atoms with E-state index in [1.165, 1.54) is 0 Å². The summed E-state index contributed by atoms with van der Waals surface area (Å²) in [6.07, 6.45) is 0.599. The molecule has 3 heterocycles. The predicted octanol–water partition coefficient (Wildman–Crippen LogP) is 3.04. The third-order valence-electron chi connectivity index (χ3n) is 4.45. The third kappa shape index (κ3) is 3.81. The number of hydrogen-bond acceptors (Lipinski definition) is 6. The van der Waals surface area contributed by atoms with Crippen LogP contribution in [0.3, 0.4) is 0 Å². The van der Waals surface area contributed by atoms with Gasteiger partial charge in [0.15, 0.2) is 11.5 Å². The lowest BCUT2D eigenvalue weighted by atomic mass is 10.1. The van der Waals surface area contributed by atoms with Gasteiger partial charge in [-0.2, -0.15) is 0 Å². The van der Waals surface area contributed by atoms with Crippen molar-refractivity contribution in [3.8, 4) is 17.3 Å². The number of likely N-dealkylation sites (tertiary alicyclic amines) is 1. The van der Waals surface area contributed by atoms with Crippen LogP contribution in [0.5, 0.6) is 6.01 Å². The molecular weight excluding hydrogens is 344 g/mol. The lowest BCUT2D eigenvalue weighted by Crippen LogP contribution is -2.31. The number of ether oxygens (including phenoxy) is 1. The highest BCUT2D eigenvalue weighted by Gasteiger charge is 2.30. The number of hydrogen-bond donors (Lipinski definition) is 0. The van der Waals surface area contributed by atoms with Crippen LogP contribution in [-0.4, -0.2) is 45.1 Å². The molecule has 3 aromatic rings. The first kappa shape index (κ1) is 17.2. The van der Waals surface area contributed by atoms with E-state index in [0.29, 0.717) is 30.6 Å². The molecule has 1 atom stereocenters. The Morgan fingerprint density at radius 1 is 1.15 bits per heavy atom. The molecule has 7 heteroatoms. The first-order chi connectivity index (χ1) is 13.1. The molecule has 7 nitrogen and oxygen atoms in total. The standard InChI is InChI=1S/C20H20N4O3/c1-13-10-14(2)22-20(21-13)26-16-8-9-24(12-16)19(25)17-11-18(27-23-17)15-6-4-3-5-7-15/h3-7,10-11,16H,8-9,12H2,1-2H3/t16-/m0/s1. The van der Waals surface area contributed by atoms with E-state index in [4.69, 9.17) is 9.26 Å². The van der Waals surface area contributed by atoms with Crippen LogP contribution in [0.25, 0.3) is 11.3 Å². The van der Waals surface area contributed by atoms with E-state index < -0.39 is 0 Å². The van der Waals surface area contributed by atoms with Gasteiger partial charge in [0.05, 0.1) is 6.54 Å². The van der Waals surface area contributed by atoms with Gasteiger partial charge >= 0.3 is 6.01 Å². The van der Waals surface area contributed by atoms with E-state index in [2.05, 4.69) is 15.1 Å². The monoisotopic (exact) mass is 364 g/mol. The van der Waals surface area contributed by atoms with Crippen molar-refractivity contribution in [1.29, 1.82) is 0 Å². The van der Waals surface area contributed by atoms with Crippen LogP contribution in [-0.2, 0) is 0 Å². The van der Waals surface area contributed by atoms with Crippen molar-refractivity contribution in [3.05, 3.63) is 59.5 Å². The Balaban J connectivity index is 1.41. The zero-order valence-electron chi connectivity index (χ0n) is 15.3. The van der Waals surface area contributed by atoms with Crippen molar-refractivity contribution < 1.29 is 14.1 Å². The van der Waals surface area contributed by atoms with E-state index in [-0.39, 0.29) is 12.0 Å². The normalized spacial score (nSPS) is 16.5. The van der Waals surface area contributed by atoms with Crippen LogP contribution in [0.1, 0.15) is 28.3 Å². The quantitative estimate of drug-likeness (QED) is 0.708. The van der Waals surface area contributed by atoms with Crippen LogP contribution in [0.2, 0.25) is 0 Å². The highest BCUT2D eigenvalue weighted by atomic mass is 16.5. The minimum atomic E-state index is -0.159. The van der Waals surface area contributed by atoms with Crippen molar-refractivity contribution in [1.82, 2.24) is 20.0 Å². The molecule has 138 valence electrons. The fourth-order valence-corrected chi connectivity index (χ4v) is 3.18. The molecule has 0 saturated carbocycles. The average molecular weight is 364 g/mol. The Morgan fingerprint density at radius 2 is 1.89 bits per heavy atom. The number of nitrogens with zero attached hydrogens (tertiary/aromatic N) is 4. The van der Waals surface area contributed by atoms with Crippen LogP contribution in [0.4, 0.5) is 0 Å². The largest absolute Gasteiger partial charge is 0.458 e. The molecule has 0 bridgehead atoms. The molecule has 0 unspecified atom stereocenters. The number of aryl methyl sites for hydroxylation is 2. The molecule has 27 heavy (non-hydrogen) atoms. The fraction of sp³-hybridized carbons (Fsp3) is 0.300. The van der Waals surface area contributed by atoms with Crippen molar-refractivity contribution in [2.24, 2.45) is 0 Å².